The fourth-order valence-corrected chi connectivity index (χ4v) is 5.75. The van der Waals surface area contributed by atoms with E-state index in [1.165, 1.54) is 29.2 Å². The summed E-state index contributed by atoms with van der Waals surface area (Å²) in [7, 11) is -2.59. The molecule has 11 heteroatoms. The van der Waals surface area contributed by atoms with Crippen LogP contribution in [0.4, 0.5) is 11.4 Å². The van der Waals surface area contributed by atoms with Crippen molar-refractivity contribution in [3.05, 3.63) is 83.9 Å². The number of ether oxygens (including phenoxy) is 1. The maximum Gasteiger partial charge on any atom is 0.284 e. The van der Waals surface area contributed by atoms with Crippen LogP contribution in [0.15, 0.2) is 88.2 Å². The van der Waals surface area contributed by atoms with Gasteiger partial charge in [-0.05, 0) is 60.7 Å². The third kappa shape index (κ3) is 5.84. The van der Waals surface area contributed by atoms with Crippen LogP contribution in [0.1, 0.15) is 6.42 Å². The third-order valence-corrected chi connectivity index (χ3v) is 7.79. The van der Waals surface area contributed by atoms with Crippen molar-refractivity contribution >= 4 is 61.7 Å². The standard InChI is InChI=1S/C24H20ClN3O5S2/c1-33-19-11-9-17(10-12-19)26-22(29)15-21-23(30)28(18-5-3-2-4-6-18)24(34-21)27-35(31,32)20-13-7-16(25)8-14-20/h2-14,21H,15H2,1H3,(H,26,29)/b27-24+. The first kappa shape index (κ1) is 24.8. The van der Waals surface area contributed by atoms with Gasteiger partial charge in [-0.25, -0.2) is 0 Å². The van der Waals surface area contributed by atoms with Crippen molar-refractivity contribution in [1.29, 1.82) is 0 Å². The van der Waals surface area contributed by atoms with Gasteiger partial charge in [-0.1, -0.05) is 41.6 Å². The second-order valence-corrected chi connectivity index (χ2v) is 10.6. The van der Waals surface area contributed by atoms with Gasteiger partial charge in [-0.3, -0.25) is 14.5 Å². The van der Waals surface area contributed by atoms with Crippen molar-refractivity contribution in [2.75, 3.05) is 17.3 Å². The zero-order valence-electron chi connectivity index (χ0n) is 18.4. The fourth-order valence-electron chi connectivity index (χ4n) is 3.29. The van der Waals surface area contributed by atoms with E-state index in [1.807, 2.05) is 0 Å². The van der Waals surface area contributed by atoms with Crippen molar-refractivity contribution in [2.45, 2.75) is 16.6 Å². The summed E-state index contributed by atoms with van der Waals surface area (Å²) in [5.41, 5.74) is 0.999. The molecule has 35 heavy (non-hydrogen) atoms. The van der Waals surface area contributed by atoms with Crippen LogP contribution in [-0.4, -0.2) is 37.8 Å². The van der Waals surface area contributed by atoms with E-state index in [9.17, 15) is 18.0 Å². The van der Waals surface area contributed by atoms with E-state index in [4.69, 9.17) is 16.3 Å². The topological polar surface area (TPSA) is 105 Å². The van der Waals surface area contributed by atoms with Gasteiger partial charge in [0, 0.05) is 17.1 Å². The van der Waals surface area contributed by atoms with Gasteiger partial charge in [-0.15, -0.1) is 4.40 Å². The first-order valence-electron chi connectivity index (χ1n) is 10.4. The number of rotatable bonds is 7. The van der Waals surface area contributed by atoms with E-state index >= 15 is 0 Å². The molecule has 1 aliphatic rings. The van der Waals surface area contributed by atoms with Gasteiger partial charge in [0.15, 0.2) is 5.17 Å². The van der Waals surface area contributed by atoms with Crippen LogP contribution in [0.5, 0.6) is 5.75 Å². The molecule has 1 saturated heterocycles. The lowest BCUT2D eigenvalue weighted by Crippen LogP contribution is -2.33. The maximum absolute atomic E-state index is 13.3. The van der Waals surface area contributed by atoms with Gasteiger partial charge in [0.1, 0.15) is 11.0 Å². The second kappa shape index (κ2) is 10.5. The summed E-state index contributed by atoms with van der Waals surface area (Å²) in [5.74, 6) is -0.183. The lowest BCUT2D eigenvalue weighted by atomic mass is 10.2. The van der Waals surface area contributed by atoms with Gasteiger partial charge >= 0.3 is 0 Å². The number of benzene rings is 3. The molecular weight excluding hydrogens is 510 g/mol. The number of para-hydroxylation sites is 1. The van der Waals surface area contributed by atoms with Crippen LogP contribution in [-0.2, 0) is 19.6 Å². The quantitative estimate of drug-likeness (QED) is 0.480. The molecule has 0 aromatic heterocycles. The average molecular weight is 530 g/mol. The highest BCUT2D eigenvalue weighted by Crippen LogP contribution is 2.35. The van der Waals surface area contributed by atoms with Crippen LogP contribution in [0.2, 0.25) is 5.02 Å². The van der Waals surface area contributed by atoms with Crippen molar-refractivity contribution in [1.82, 2.24) is 0 Å². The number of nitrogens with zero attached hydrogens (tertiary/aromatic N) is 2. The Labute approximate surface area is 212 Å². The maximum atomic E-state index is 13.3. The molecule has 2 amide bonds. The number of anilines is 2. The van der Waals surface area contributed by atoms with E-state index in [0.717, 1.165) is 11.8 Å². The Morgan fingerprint density at radius 2 is 1.71 bits per heavy atom. The predicted octanol–water partition coefficient (Wildman–Crippen LogP) is 4.57. The average Bonchev–Trinajstić information content (AvgIpc) is 3.13. The Bertz CT molecular complexity index is 1360. The third-order valence-electron chi connectivity index (χ3n) is 5.00. The molecule has 180 valence electrons. The van der Waals surface area contributed by atoms with Gasteiger partial charge in [0.25, 0.3) is 10.0 Å². The SMILES string of the molecule is COc1ccc(NC(=O)CC2S/C(=N/S(=O)(=O)c3ccc(Cl)cc3)N(c3ccccc3)C2=O)cc1. The molecule has 0 bridgehead atoms. The first-order chi connectivity index (χ1) is 16.8. The fraction of sp³-hybridized carbons (Fsp3) is 0.125. The molecule has 0 saturated carbocycles. The molecule has 4 rings (SSSR count). The number of halogens is 1. The minimum Gasteiger partial charge on any atom is -0.497 e. The zero-order valence-corrected chi connectivity index (χ0v) is 20.8. The summed E-state index contributed by atoms with van der Waals surface area (Å²) in [5, 5.41) is 2.24. The number of amidine groups is 1. The van der Waals surface area contributed by atoms with E-state index in [-0.39, 0.29) is 16.5 Å². The van der Waals surface area contributed by atoms with Gasteiger partial charge < -0.3 is 10.1 Å². The van der Waals surface area contributed by atoms with Gasteiger partial charge in [0.2, 0.25) is 11.8 Å². The van der Waals surface area contributed by atoms with E-state index < -0.39 is 27.1 Å². The largest absolute Gasteiger partial charge is 0.497 e. The molecule has 1 N–H and O–H groups in total. The van der Waals surface area contributed by atoms with Crippen molar-refractivity contribution in [3.63, 3.8) is 0 Å². The minimum atomic E-state index is -4.13. The second-order valence-electron chi connectivity index (χ2n) is 7.40. The smallest absolute Gasteiger partial charge is 0.284 e. The van der Waals surface area contributed by atoms with Crippen LogP contribution in [0, 0.1) is 0 Å². The molecule has 1 fully saturated rings. The molecule has 8 nitrogen and oxygen atoms in total. The Morgan fingerprint density at radius 3 is 2.34 bits per heavy atom. The van der Waals surface area contributed by atoms with Gasteiger partial charge in [-0.2, -0.15) is 8.42 Å². The number of methoxy groups -OCH3 is 1. The highest BCUT2D eigenvalue weighted by molar-refractivity contribution is 8.16. The Morgan fingerprint density at radius 1 is 1.06 bits per heavy atom. The Kier molecular flexibility index (Phi) is 7.44. The Hall–Kier alpha value is -3.34. The summed E-state index contributed by atoms with van der Waals surface area (Å²) in [6.07, 6.45) is -0.168. The molecule has 1 aliphatic heterocycles. The van der Waals surface area contributed by atoms with E-state index in [1.54, 1.807) is 61.7 Å². The highest BCUT2D eigenvalue weighted by atomic mass is 35.5. The summed E-state index contributed by atoms with van der Waals surface area (Å²) in [6.45, 7) is 0. The van der Waals surface area contributed by atoms with E-state index in [2.05, 4.69) is 9.71 Å². The summed E-state index contributed by atoms with van der Waals surface area (Å²) >= 11 is 6.79. The summed E-state index contributed by atoms with van der Waals surface area (Å²) in [4.78, 5) is 27.1. The van der Waals surface area contributed by atoms with E-state index in [0.29, 0.717) is 22.1 Å². The molecule has 0 radical (unpaired) electrons. The molecule has 3 aromatic rings. The van der Waals surface area contributed by atoms with Crippen molar-refractivity contribution < 1.29 is 22.7 Å². The lowest BCUT2D eigenvalue weighted by Gasteiger charge is -2.16. The van der Waals surface area contributed by atoms with Gasteiger partial charge in [0.05, 0.1) is 17.7 Å². The Balaban J connectivity index is 1.59. The normalized spacial score (nSPS) is 17.0. The molecule has 3 aromatic carbocycles. The first-order valence-corrected chi connectivity index (χ1v) is 13.1. The van der Waals surface area contributed by atoms with Crippen LogP contribution >= 0.6 is 23.4 Å². The minimum absolute atomic E-state index is 0.0293. The summed E-state index contributed by atoms with van der Waals surface area (Å²) in [6, 6.07) is 20.9. The summed E-state index contributed by atoms with van der Waals surface area (Å²) < 4.78 is 34.9. The number of amides is 2. The number of carbonyl (C=O) groups excluding carboxylic acids is 2. The van der Waals surface area contributed by atoms with Crippen LogP contribution in [0.25, 0.3) is 0 Å². The molecule has 1 unspecified atom stereocenters. The monoisotopic (exact) mass is 529 g/mol. The number of hydrogen-bond donors (Lipinski definition) is 1. The number of nitrogens with one attached hydrogen (secondary N) is 1. The zero-order chi connectivity index (χ0) is 25.0. The molecular formula is C24H20ClN3O5S2. The molecule has 1 heterocycles. The molecule has 0 aliphatic carbocycles. The number of thioether (sulfide) groups is 1. The predicted molar refractivity (Wildman–Crippen MR) is 138 cm³/mol. The number of carbonyl (C=O) groups is 2. The number of hydrogen-bond acceptors (Lipinski definition) is 6. The molecule has 0 spiro atoms. The van der Waals surface area contributed by atoms with Crippen molar-refractivity contribution in [3.8, 4) is 5.75 Å². The molecule has 1 atom stereocenters. The van der Waals surface area contributed by atoms with Crippen LogP contribution < -0.4 is 15.0 Å². The highest BCUT2D eigenvalue weighted by Gasteiger charge is 2.41. The number of sulfonamides is 1. The lowest BCUT2D eigenvalue weighted by molar-refractivity contribution is -0.121. The van der Waals surface area contributed by atoms with Crippen molar-refractivity contribution in [2.24, 2.45) is 4.40 Å². The van der Waals surface area contributed by atoms with Crippen LogP contribution in [0.3, 0.4) is 0 Å².